The number of aryl methyl sites for hydroxylation is 1. The van der Waals surface area contributed by atoms with Gasteiger partial charge in [0.25, 0.3) is 0 Å². The monoisotopic (exact) mass is 247 g/mol. The number of rotatable bonds is 3. The van der Waals surface area contributed by atoms with Gasteiger partial charge in [0.15, 0.2) is 0 Å². The number of hydrogen-bond donors (Lipinski definition) is 2. The van der Waals surface area contributed by atoms with Crippen molar-refractivity contribution in [1.82, 2.24) is 0 Å². The minimum atomic E-state index is -0.422. The lowest BCUT2D eigenvalue weighted by Crippen LogP contribution is -2.37. The number of anilines is 1. The molecule has 1 heterocycles. The number of primary amides is 1. The molecule has 1 aliphatic rings. The molecule has 1 unspecified atom stereocenters. The van der Waals surface area contributed by atoms with Gasteiger partial charge < -0.3 is 16.4 Å². The molecule has 4 heteroatoms. The summed E-state index contributed by atoms with van der Waals surface area (Å²) in [5.74, 6) is -0.215. The van der Waals surface area contributed by atoms with E-state index < -0.39 is 5.41 Å². The van der Waals surface area contributed by atoms with Crippen LogP contribution < -0.4 is 16.4 Å². The van der Waals surface area contributed by atoms with E-state index in [9.17, 15) is 4.79 Å². The second-order valence-electron chi connectivity index (χ2n) is 5.38. The van der Waals surface area contributed by atoms with Crippen molar-refractivity contribution in [1.29, 1.82) is 0 Å². The summed E-state index contributed by atoms with van der Waals surface area (Å²) in [6, 6.07) is 6.14. The standard InChI is InChI=1S/C14H21N3O/c1-10-4-3-5-11(8-15)12(10)17-7-6-14(2,9-17)13(16)18/h3-5H,6-9,15H2,1-2H3,(H2,16,18). The Bertz CT molecular complexity index is 472. The Hall–Kier alpha value is -1.55. The topological polar surface area (TPSA) is 72.3 Å². The highest BCUT2D eigenvalue weighted by molar-refractivity contribution is 5.82. The highest BCUT2D eigenvalue weighted by Crippen LogP contribution is 2.36. The molecule has 4 nitrogen and oxygen atoms in total. The Labute approximate surface area is 108 Å². The molecular formula is C14H21N3O. The first-order chi connectivity index (χ1) is 8.48. The molecule has 98 valence electrons. The van der Waals surface area contributed by atoms with Gasteiger partial charge in [0.05, 0.1) is 5.41 Å². The third-order valence-corrected chi connectivity index (χ3v) is 3.93. The van der Waals surface area contributed by atoms with E-state index in [0.717, 1.165) is 18.5 Å². The number of para-hydroxylation sites is 1. The van der Waals surface area contributed by atoms with Crippen molar-refractivity contribution < 1.29 is 4.79 Å². The molecule has 0 aromatic heterocycles. The van der Waals surface area contributed by atoms with Gasteiger partial charge in [-0.15, -0.1) is 0 Å². The quantitative estimate of drug-likeness (QED) is 0.841. The first-order valence-corrected chi connectivity index (χ1v) is 6.31. The molecule has 0 bridgehead atoms. The van der Waals surface area contributed by atoms with E-state index in [2.05, 4.69) is 17.9 Å². The Morgan fingerprint density at radius 3 is 2.78 bits per heavy atom. The molecular weight excluding hydrogens is 226 g/mol. The SMILES string of the molecule is Cc1cccc(CN)c1N1CCC(C)(C(N)=O)C1. The largest absolute Gasteiger partial charge is 0.370 e. The zero-order valence-corrected chi connectivity index (χ0v) is 11.1. The van der Waals surface area contributed by atoms with E-state index in [-0.39, 0.29) is 5.91 Å². The maximum Gasteiger partial charge on any atom is 0.225 e. The predicted molar refractivity (Wildman–Crippen MR) is 73.2 cm³/mol. The van der Waals surface area contributed by atoms with E-state index in [1.165, 1.54) is 11.3 Å². The Morgan fingerprint density at radius 1 is 1.50 bits per heavy atom. The molecule has 18 heavy (non-hydrogen) atoms. The summed E-state index contributed by atoms with van der Waals surface area (Å²) < 4.78 is 0. The van der Waals surface area contributed by atoms with Gasteiger partial charge in [-0.1, -0.05) is 18.2 Å². The fourth-order valence-corrected chi connectivity index (χ4v) is 2.69. The molecule has 2 rings (SSSR count). The average molecular weight is 247 g/mol. The lowest BCUT2D eigenvalue weighted by Gasteiger charge is -2.26. The van der Waals surface area contributed by atoms with Gasteiger partial charge in [-0.2, -0.15) is 0 Å². The smallest absolute Gasteiger partial charge is 0.225 e. The molecule has 4 N–H and O–H groups in total. The number of nitrogens with two attached hydrogens (primary N) is 2. The van der Waals surface area contributed by atoms with Gasteiger partial charge in [-0.05, 0) is 31.4 Å². The summed E-state index contributed by atoms with van der Waals surface area (Å²) >= 11 is 0. The molecule has 1 amide bonds. The summed E-state index contributed by atoms with van der Waals surface area (Å²) in [6.07, 6.45) is 0.806. The van der Waals surface area contributed by atoms with Gasteiger partial charge in [0.2, 0.25) is 5.91 Å². The van der Waals surface area contributed by atoms with Crippen molar-refractivity contribution in [3.8, 4) is 0 Å². The first-order valence-electron chi connectivity index (χ1n) is 6.31. The zero-order valence-electron chi connectivity index (χ0n) is 11.1. The Morgan fingerprint density at radius 2 is 2.22 bits per heavy atom. The summed E-state index contributed by atoms with van der Waals surface area (Å²) in [4.78, 5) is 13.7. The van der Waals surface area contributed by atoms with Crippen molar-refractivity contribution in [3.05, 3.63) is 29.3 Å². The number of hydrogen-bond acceptors (Lipinski definition) is 3. The number of benzene rings is 1. The molecule has 1 aliphatic heterocycles. The number of carbonyl (C=O) groups excluding carboxylic acids is 1. The molecule has 0 saturated carbocycles. The summed E-state index contributed by atoms with van der Waals surface area (Å²) in [7, 11) is 0. The van der Waals surface area contributed by atoms with Crippen LogP contribution in [-0.2, 0) is 11.3 Å². The van der Waals surface area contributed by atoms with Crippen LogP contribution in [0.15, 0.2) is 18.2 Å². The van der Waals surface area contributed by atoms with Gasteiger partial charge in [0, 0.05) is 25.3 Å². The molecule has 1 aromatic carbocycles. The fraction of sp³-hybridized carbons (Fsp3) is 0.500. The van der Waals surface area contributed by atoms with Crippen LogP contribution in [0.3, 0.4) is 0 Å². The lowest BCUT2D eigenvalue weighted by molar-refractivity contribution is -0.125. The minimum Gasteiger partial charge on any atom is -0.370 e. The van der Waals surface area contributed by atoms with Crippen molar-refractivity contribution in [2.75, 3.05) is 18.0 Å². The van der Waals surface area contributed by atoms with E-state index in [4.69, 9.17) is 11.5 Å². The highest BCUT2D eigenvalue weighted by atomic mass is 16.1. The third-order valence-electron chi connectivity index (χ3n) is 3.93. The lowest BCUT2D eigenvalue weighted by atomic mass is 9.89. The fourth-order valence-electron chi connectivity index (χ4n) is 2.69. The summed E-state index contributed by atoms with van der Waals surface area (Å²) in [5, 5.41) is 0. The second kappa shape index (κ2) is 4.61. The third kappa shape index (κ3) is 2.08. The number of nitrogens with zero attached hydrogens (tertiary/aromatic N) is 1. The molecule has 1 fully saturated rings. The van der Waals surface area contributed by atoms with Gasteiger partial charge >= 0.3 is 0 Å². The van der Waals surface area contributed by atoms with Crippen LogP contribution in [0.25, 0.3) is 0 Å². The molecule has 1 atom stereocenters. The minimum absolute atomic E-state index is 0.215. The second-order valence-corrected chi connectivity index (χ2v) is 5.38. The zero-order chi connectivity index (χ0) is 13.3. The van der Waals surface area contributed by atoms with Crippen LogP contribution in [0, 0.1) is 12.3 Å². The first kappa shape index (κ1) is 12.9. The van der Waals surface area contributed by atoms with Crippen molar-refractivity contribution in [3.63, 3.8) is 0 Å². The van der Waals surface area contributed by atoms with Gasteiger partial charge in [0.1, 0.15) is 0 Å². The van der Waals surface area contributed by atoms with E-state index in [1.807, 2.05) is 19.1 Å². The normalized spacial score (nSPS) is 23.4. The Balaban J connectivity index is 2.32. The summed E-state index contributed by atoms with van der Waals surface area (Å²) in [6.45, 7) is 6.07. The van der Waals surface area contributed by atoms with Crippen LogP contribution in [0.5, 0.6) is 0 Å². The molecule has 1 aromatic rings. The van der Waals surface area contributed by atoms with Crippen LogP contribution in [0.2, 0.25) is 0 Å². The van der Waals surface area contributed by atoms with E-state index in [0.29, 0.717) is 13.1 Å². The molecule has 1 saturated heterocycles. The van der Waals surface area contributed by atoms with E-state index >= 15 is 0 Å². The summed E-state index contributed by atoms with van der Waals surface area (Å²) in [5.41, 5.74) is 14.4. The average Bonchev–Trinajstić information content (AvgIpc) is 2.72. The van der Waals surface area contributed by atoms with Crippen molar-refractivity contribution in [2.24, 2.45) is 16.9 Å². The maximum atomic E-state index is 11.5. The van der Waals surface area contributed by atoms with Crippen LogP contribution in [0.4, 0.5) is 5.69 Å². The van der Waals surface area contributed by atoms with E-state index in [1.54, 1.807) is 0 Å². The van der Waals surface area contributed by atoms with Crippen LogP contribution in [-0.4, -0.2) is 19.0 Å². The van der Waals surface area contributed by atoms with Gasteiger partial charge in [-0.3, -0.25) is 4.79 Å². The van der Waals surface area contributed by atoms with Crippen LogP contribution in [0.1, 0.15) is 24.5 Å². The number of amides is 1. The van der Waals surface area contributed by atoms with Crippen molar-refractivity contribution >= 4 is 11.6 Å². The molecule has 0 spiro atoms. The predicted octanol–water partition coefficient (Wildman–Crippen LogP) is 1.16. The van der Waals surface area contributed by atoms with Gasteiger partial charge in [-0.25, -0.2) is 0 Å². The number of carbonyl (C=O) groups is 1. The highest BCUT2D eigenvalue weighted by Gasteiger charge is 2.39. The maximum absolute atomic E-state index is 11.5. The van der Waals surface area contributed by atoms with Crippen LogP contribution >= 0.6 is 0 Å². The molecule has 0 radical (unpaired) electrons. The molecule has 0 aliphatic carbocycles. The van der Waals surface area contributed by atoms with Crippen molar-refractivity contribution in [2.45, 2.75) is 26.8 Å². The Kier molecular flexibility index (Phi) is 3.30.